The quantitative estimate of drug-likeness (QED) is 0.877. The molecule has 120 valence electrons. The molecule has 0 radical (unpaired) electrons. The van der Waals surface area contributed by atoms with Crippen molar-refractivity contribution >= 4 is 11.7 Å². The number of benzene rings is 1. The lowest BCUT2D eigenvalue weighted by molar-refractivity contribution is 0.0981. The summed E-state index contributed by atoms with van der Waals surface area (Å²) in [6.07, 6.45) is 3.73. The van der Waals surface area contributed by atoms with Crippen LogP contribution >= 0.6 is 0 Å². The van der Waals surface area contributed by atoms with Crippen LogP contribution in [0.5, 0.6) is 0 Å². The largest absolute Gasteiger partial charge is 0.375 e. The zero-order valence-electron chi connectivity index (χ0n) is 13.3. The third-order valence-corrected chi connectivity index (χ3v) is 4.74. The number of fused-ring (bicyclic) bond motifs is 2. The molecule has 3 unspecified atom stereocenters. The number of carbonyl (C=O) groups is 1. The van der Waals surface area contributed by atoms with E-state index in [1.807, 2.05) is 12.1 Å². The molecule has 0 aromatic heterocycles. The maximum atomic E-state index is 12.1. The Morgan fingerprint density at radius 3 is 2.86 bits per heavy atom. The van der Waals surface area contributed by atoms with Gasteiger partial charge in [0.1, 0.15) is 0 Å². The number of para-hydroxylation sites is 1. The number of carbonyl (C=O) groups excluding carboxylic acids is 1. The van der Waals surface area contributed by atoms with E-state index in [2.05, 4.69) is 41.6 Å². The van der Waals surface area contributed by atoms with Crippen molar-refractivity contribution in [3.8, 4) is 0 Å². The van der Waals surface area contributed by atoms with Crippen LogP contribution in [0.1, 0.15) is 31.7 Å². The number of anilines is 1. The van der Waals surface area contributed by atoms with Crippen molar-refractivity contribution in [1.82, 2.24) is 10.6 Å². The topological polar surface area (TPSA) is 53.6 Å². The molecular weight excluding hydrogens is 278 g/mol. The predicted molar refractivity (Wildman–Crippen MR) is 87.1 cm³/mol. The highest BCUT2D eigenvalue weighted by molar-refractivity contribution is 5.74. The molecule has 5 nitrogen and oxygen atoms in total. The van der Waals surface area contributed by atoms with E-state index in [9.17, 15) is 4.79 Å². The van der Waals surface area contributed by atoms with Crippen molar-refractivity contribution in [3.63, 3.8) is 0 Å². The van der Waals surface area contributed by atoms with Gasteiger partial charge in [-0.2, -0.15) is 0 Å². The van der Waals surface area contributed by atoms with E-state index in [-0.39, 0.29) is 18.2 Å². The number of hydrogen-bond acceptors (Lipinski definition) is 3. The molecule has 2 amide bonds. The van der Waals surface area contributed by atoms with Crippen LogP contribution in [0.4, 0.5) is 10.5 Å². The molecule has 0 saturated carbocycles. The summed E-state index contributed by atoms with van der Waals surface area (Å²) in [4.78, 5) is 14.3. The van der Waals surface area contributed by atoms with Crippen LogP contribution < -0.4 is 15.5 Å². The first-order valence-electron chi connectivity index (χ1n) is 8.16. The first-order valence-corrected chi connectivity index (χ1v) is 8.16. The molecule has 2 aliphatic heterocycles. The molecule has 3 rings (SSSR count). The van der Waals surface area contributed by atoms with Gasteiger partial charge in [0.25, 0.3) is 0 Å². The van der Waals surface area contributed by atoms with E-state index in [0.717, 1.165) is 37.1 Å². The summed E-state index contributed by atoms with van der Waals surface area (Å²) in [5.74, 6) is 0. The van der Waals surface area contributed by atoms with E-state index >= 15 is 0 Å². The summed E-state index contributed by atoms with van der Waals surface area (Å²) < 4.78 is 5.76. The zero-order valence-corrected chi connectivity index (χ0v) is 13.3. The van der Waals surface area contributed by atoms with Gasteiger partial charge in [-0.25, -0.2) is 4.79 Å². The molecule has 2 fully saturated rings. The molecule has 2 aliphatic rings. The highest BCUT2D eigenvalue weighted by atomic mass is 16.5. The van der Waals surface area contributed by atoms with Crippen LogP contribution in [-0.2, 0) is 11.3 Å². The Labute approximate surface area is 132 Å². The molecule has 1 aromatic rings. The van der Waals surface area contributed by atoms with Gasteiger partial charge in [-0.1, -0.05) is 18.2 Å². The smallest absolute Gasteiger partial charge is 0.315 e. The van der Waals surface area contributed by atoms with Crippen molar-refractivity contribution < 1.29 is 9.53 Å². The first-order chi connectivity index (χ1) is 10.7. The van der Waals surface area contributed by atoms with Crippen molar-refractivity contribution in [2.75, 3.05) is 18.5 Å². The second kappa shape index (κ2) is 6.57. The van der Waals surface area contributed by atoms with E-state index in [1.165, 1.54) is 0 Å². The molecule has 5 heteroatoms. The Balaban J connectivity index is 1.53. The van der Waals surface area contributed by atoms with Crippen LogP contribution in [0.15, 0.2) is 24.3 Å². The average molecular weight is 303 g/mol. The Kier molecular flexibility index (Phi) is 4.52. The number of nitrogens with zero attached hydrogens (tertiary/aromatic N) is 1. The van der Waals surface area contributed by atoms with Crippen LogP contribution in [0.2, 0.25) is 0 Å². The summed E-state index contributed by atoms with van der Waals surface area (Å²) in [7, 11) is 2.06. The minimum atomic E-state index is -0.102. The Hall–Kier alpha value is -1.75. The second-order valence-corrected chi connectivity index (χ2v) is 6.19. The van der Waals surface area contributed by atoms with Crippen molar-refractivity contribution in [3.05, 3.63) is 29.8 Å². The number of nitrogens with one attached hydrogen (secondary N) is 2. The molecule has 22 heavy (non-hydrogen) atoms. The maximum Gasteiger partial charge on any atom is 0.315 e. The molecule has 0 aliphatic carbocycles. The SMILES string of the molecule is CCN(C)c1ccccc1CNC(=O)NC1CC2CCC1O2. The molecule has 2 saturated heterocycles. The lowest BCUT2D eigenvalue weighted by Crippen LogP contribution is -2.46. The second-order valence-electron chi connectivity index (χ2n) is 6.19. The van der Waals surface area contributed by atoms with Crippen molar-refractivity contribution in [2.24, 2.45) is 0 Å². The summed E-state index contributed by atoms with van der Waals surface area (Å²) in [5.41, 5.74) is 2.29. The number of hydrogen-bond donors (Lipinski definition) is 2. The normalized spacial score (nSPS) is 26.0. The molecule has 3 atom stereocenters. The first kappa shape index (κ1) is 15.2. The number of urea groups is 1. The van der Waals surface area contributed by atoms with Gasteiger partial charge in [0.15, 0.2) is 0 Å². The summed E-state index contributed by atoms with van der Waals surface area (Å²) in [5, 5.41) is 6.03. The van der Waals surface area contributed by atoms with Crippen LogP contribution in [-0.4, -0.2) is 37.9 Å². The predicted octanol–water partition coefficient (Wildman–Crippen LogP) is 2.26. The standard InChI is InChI=1S/C17H25N3O2/c1-3-20(2)15-7-5-4-6-12(15)11-18-17(21)19-14-10-13-8-9-16(14)22-13/h4-7,13-14,16H,3,8-11H2,1-2H3,(H2,18,19,21). The molecule has 1 aromatic carbocycles. The van der Waals surface area contributed by atoms with E-state index < -0.39 is 0 Å². The lowest BCUT2D eigenvalue weighted by Gasteiger charge is -2.22. The molecule has 2 heterocycles. The minimum absolute atomic E-state index is 0.102. The van der Waals surface area contributed by atoms with Crippen molar-refractivity contribution in [2.45, 2.75) is 51.0 Å². The average Bonchev–Trinajstić information content (AvgIpc) is 3.15. The lowest BCUT2D eigenvalue weighted by atomic mass is 9.96. The molecule has 2 N–H and O–H groups in total. The zero-order chi connectivity index (χ0) is 15.5. The van der Waals surface area contributed by atoms with Gasteiger partial charge in [-0.15, -0.1) is 0 Å². The minimum Gasteiger partial charge on any atom is -0.375 e. The number of ether oxygens (including phenoxy) is 1. The highest BCUT2D eigenvalue weighted by Gasteiger charge is 2.41. The Morgan fingerprint density at radius 2 is 2.18 bits per heavy atom. The Bertz CT molecular complexity index is 534. The number of rotatable bonds is 5. The Morgan fingerprint density at radius 1 is 1.36 bits per heavy atom. The molecular formula is C17H25N3O2. The van der Waals surface area contributed by atoms with E-state index in [0.29, 0.717) is 12.6 Å². The van der Waals surface area contributed by atoms with Gasteiger partial charge in [0.05, 0.1) is 18.2 Å². The fourth-order valence-electron chi connectivity index (χ4n) is 3.39. The summed E-state index contributed by atoms with van der Waals surface area (Å²) in [6.45, 7) is 3.59. The summed E-state index contributed by atoms with van der Waals surface area (Å²) >= 11 is 0. The molecule has 2 bridgehead atoms. The highest BCUT2D eigenvalue weighted by Crippen LogP contribution is 2.34. The van der Waals surface area contributed by atoms with Crippen LogP contribution in [0.3, 0.4) is 0 Å². The van der Waals surface area contributed by atoms with Crippen LogP contribution in [0.25, 0.3) is 0 Å². The van der Waals surface area contributed by atoms with Gasteiger partial charge >= 0.3 is 6.03 Å². The van der Waals surface area contributed by atoms with Crippen molar-refractivity contribution in [1.29, 1.82) is 0 Å². The van der Waals surface area contributed by atoms with Gasteiger partial charge in [0.2, 0.25) is 0 Å². The molecule has 0 spiro atoms. The van der Waals surface area contributed by atoms with Gasteiger partial charge in [-0.05, 0) is 37.8 Å². The van der Waals surface area contributed by atoms with Gasteiger partial charge < -0.3 is 20.3 Å². The maximum absolute atomic E-state index is 12.1. The fourth-order valence-corrected chi connectivity index (χ4v) is 3.39. The van der Waals surface area contributed by atoms with E-state index in [1.54, 1.807) is 0 Å². The van der Waals surface area contributed by atoms with Gasteiger partial charge in [0, 0.05) is 25.8 Å². The monoisotopic (exact) mass is 303 g/mol. The van der Waals surface area contributed by atoms with Gasteiger partial charge in [-0.3, -0.25) is 0 Å². The summed E-state index contributed by atoms with van der Waals surface area (Å²) in [6, 6.07) is 8.25. The van der Waals surface area contributed by atoms with E-state index in [4.69, 9.17) is 4.74 Å². The third kappa shape index (κ3) is 3.19. The van der Waals surface area contributed by atoms with Crippen LogP contribution in [0, 0.1) is 0 Å². The number of amides is 2. The third-order valence-electron chi connectivity index (χ3n) is 4.74. The fraction of sp³-hybridized carbons (Fsp3) is 0.588.